The first-order chi connectivity index (χ1) is 10.7. The molecule has 0 saturated carbocycles. The van der Waals surface area contributed by atoms with Crippen molar-refractivity contribution in [2.45, 2.75) is 12.5 Å². The van der Waals surface area contributed by atoms with Crippen molar-refractivity contribution in [1.29, 1.82) is 0 Å². The van der Waals surface area contributed by atoms with E-state index in [-0.39, 0.29) is 6.10 Å². The van der Waals surface area contributed by atoms with Crippen LogP contribution >= 0.6 is 11.6 Å². The highest BCUT2D eigenvalue weighted by Crippen LogP contribution is 2.41. The Bertz CT molecular complexity index is 615. The van der Waals surface area contributed by atoms with Crippen LogP contribution in [-0.4, -0.2) is 39.9 Å². The molecule has 2 aromatic rings. The van der Waals surface area contributed by atoms with Crippen molar-refractivity contribution in [2.75, 3.05) is 33.8 Å². The molecule has 0 spiro atoms. The second-order valence-electron chi connectivity index (χ2n) is 4.80. The van der Waals surface area contributed by atoms with E-state index in [4.69, 9.17) is 30.5 Å². The Morgan fingerprint density at radius 3 is 2.32 bits per heavy atom. The van der Waals surface area contributed by atoms with Crippen LogP contribution < -0.4 is 14.2 Å². The number of hydrogen-bond donors (Lipinski definition) is 0. The van der Waals surface area contributed by atoms with E-state index in [0.29, 0.717) is 24.0 Å². The fourth-order valence-electron chi connectivity index (χ4n) is 2.35. The second-order valence-corrected chi connectivity index (χ2v) is 5.18. The minimum atomic E-state index is -0.0376. The van der Waals surface area contributed by atoms with Crippen LogP contribution in [0, 0.1) is 0 Å². The summed E-state index contributed by atoms with van der Waals surface area (Å²) in [6.07, 6.45) is 0.702. The van der Waals surface area contributed by atoms with Gasteiger partial charge in [-0.15, -0.1) is 11.6 Å². The minimum absolute atomic E-state index is 0.0376. The molecule has 5 heteroatoms. The lowest BCUT2D eigenvalue weighted by atomic mass is 10.1. The van der Waals surface area contributed by atoms with Crippen molar-refractivity contribution >= 4 is 22.4 Å². The van der Waals surface area contributed by atoms with E-state index in [1.165, 1.54) is 0 Å². The first-order valence-corrected chi connectivity index (χ1v) is 7.63. The lowest BCUT2D eigenvalue weighted by Gasteiger charge is -2.18. The van der Waals surface area contributed by atoms with Gasteiger partial charge in [0.25, 0.3) is 0 Å². The molecule has 0 N–H and O–H groups in total. The Hall–Kier alpha value is -1.65. The van der Waals surface area contributed by atoms with Crippen molar-refractivity contribution in [1.82, 2.24) is 0 Å². The van der Waals surface area contributed by atoms with Crippen LogP contribution in [-0.2, 0) is 4.74 Å². The summed E-state index contributed by atoms with van der Waals surface area (Å²) in [5.41, 5.74) is 0. The molecule has 120 valence electrons. The van der Waals surface area contributed by atoms with Gasteiger partial charge in [-0.25, -0.2) is 0 Å². The number of ether oxygens (including phenoxy) is 4. The zero-order valence-corrected chi connectivity index (χ0v) is 13.9. The van der Waals surface area contributed by atoms with Gasteiger partial charge < -0.3 is 18.9 Å². The Labute approximate surface area is 135 Å². The third-order valence-corrected chi connectivity index (χ3v) is 3.75. The fraction of sp³-hybridized carbons (Fsp3) is 0.412. The number of fused-ring (bicyclic) bond motifs is 1. The maximum atomic E-state index is 5.95. The molecule has 0 saturated heterocycles. The quantitative estimate of drug-likeness (QED) is 0.691. The van der Waals surface area contributed by atoms with Crippen molar-refractivity contribution in [3.05, 3.63) is 30.3 Å². The molecule has 2 aromatic carbocycles. The maximum Gasteiger partial charge on any atom is 0.168 e. The molecule has 0 aromatic heterocycles. The summed E-state index contributed by atoms with van der Waals surface area (Å²) in [5.74, 6) is 2.62. The van der Waals surface area contributed by atoms with E-state index >= 15 is 0 Å². The average molecular weight is 325 g/mol. The molecule has 0 fully saturated rings. The van der Waals surface area contributed by atoms with E-state index in [2.05, 4.69) is 0 Å². The maximum absolute atomic E-state index is 5.95. The highest BCUT2D eigenvalue weighted by atomic mass is 35.5. The lowest BCUT2D eigenvalue weighted by molar-refractivity contribution is 0.0566. The van der Waals surface area contributed by atoms with E-state index in [1.54, 1.807) is 21.3 Å². The van der Waals surface area contributed by atoms with Crippen LogP contribution in [0.3, 0.4) is 0 Å². The van der Waals surface area contributed by atoms with Gasteiger partial charge >= 0.3 is 0 Å². The Balaban J connectivity index is 2.36. The Morgan fingerprint density at radius 2 is 1.73 bits per heavy atom. The van der Waals surface area contributed by atoms with Crippen LogP contribution in [0.5, 0.6) is 17.2 Å². The minimum Gasteiger partial charge on any atom is -0.493 e. The van der Waals surface area contributed by atoms with Crippen LogP contribution in [0.25, 0.3) is 10.8 Å². The smallest absolute Gasteiger partial charge is 0.168 e. The standard InChI is InChI=1S/C17H21ClO4/c1-19-12(8-9-18)11-22-15-10-16(20-2)17(21-3)14-7-5-4-6-13(14)15/h4-7,10,12H,8-9,11H2,1-3H3. The predicted octanol–water partition coefficient (Wildman–Crippen LogP) is 3.88. The number of alkyl halides is 1. The molecule has 1 atom stereocenters. The highest BCUT2D eigenvalue weighted by Gasteiger charge is 2.15. The summed E-state index contributed by atoms with van der Waals surface area (Å²) >= 11 is 5.77. The lowest BCUT2D eigenvalue weighted by Crippen LogP contribution is -2.20. The zero-order chi connectivity index (χ0) is 15.9. The second kappa shape index (κ2) is 8.11. The molecule has 0 bridgehead atoms. The molecule has 0 aliphatic carbocycles. The van der Waals surface area contributed by atoms with Gasteiger partial charge in [-0.2, -0.15) is 0 Å². The van der Waals surface area contributed by atoms with Crippen molar-refractivity contribution < 1.29 is 18.9 Å². The monoisotopic (exact) mass is 324 g/mol. The summed E-state index contributed by atoms with van der Waals surface area (Å²) in [6, 6.07) is 9.74. The third kappa shape index (κ3) is 3.57. The SMILES string of the molecule is COc1cc(OCC(CCCl)OC)c2ccccc2c1OC. The molecule has 0 aliphatic rings. The fourth-order valence-corrected chi connectivity index (χ4v) is 2.59. The van der Waals surface area contributed by atoms with Gasteiger partial charge in [0, 0.05) is 29.8 Å². The number of methoxy groups -OCH3 is 3. The molecule has 0 aliphatic heterocycles. The molecular weight excluding hydrogens is 304 g/mol. The van der Waals surface area contributed by atoms with Crippen LogP contribution in [0.4, 0.5) is 0 Å². The summed E-state index contributed by atoms with van der Waals surface area (Å²) in [7, 11) is 4.90. The topological polar surface area (TPSA) is 36.9 Å². The number of benzene rings is 2. The van der Waals surface area contributed by atoms with Gasteiger partial charge in [0.2, 0.25) is 0 Å². The van der Waals surface area contributed by atoms with Gasteiger partial charge in [0.1, 0.15) is 12.4 Å². The van der Waals surface area contributed by atoms with Crippen molar-refractivity contribution in [2.24, 2.45) is 0 Å². The number of hydrogen-bond acceptors (Lipinski definition) is 4. The van der Waals surface area contributed by atoms with Crippen LogP contribution in [0.1, 0.15) is 6.42 Å². The van der Waals surface area contributed by atoms with E-state index < -0.39 is 0 Å². The van der Waals surface area contributed by atoms with Gasteiger partial charge in [-0.1, -0.05) is 24.3 Å². The molecule has 0 radical (unpaired) electrons. The zero-order valence-electron chi connectivity index (χ0n) is 13.1. The van der Waals surface area contributed by atoms with E-state index in [9.17, 15) is 0 Å². The summed E-state index contributed by atoms with van der Waals surface area (Å²) in [5, 5.41) is 1.92. The van der Waals surface area contributed by atoms with Gasteiger partial charge in [-0.3, -0.25) is 0 Å². The summed E-state index contributed by atoms with van der Waals surface area (Å²) in [6.45, 7) is 0.433. The highest BCUT2D eigenvalue weighted by molar-refractivity contribution is 6.17. The molecule has 4 nitrogen and oxygen atoms in total. The van der Waals surface area contributed by atoms with Crippen LogP contribution in [0.2, 0.25) is 0 Å². The summed E-state index contributed by atoms with van der Waals surface area (Å²) < 4.78 is 22.2. The first kappa shape index (κ1) is 16.7. The number of halogens is 1. The van der Waals surface area contributed by atoms with Gasteiger partial charge in [0.05, 0.1) is 20.3 Å². The van der Waals surface area contributed by atoms with E-state index in [0.717, 1.165) is 22.9 Å². The third-order valence-electron chi connectivity index (χ3n) is 3.54. The number of rotatable bonds is 8. The Kier molecular flexibility index (Phi) is 6.16. The molecule has 1 unspecified atom stereocenters. The predicted molar refractivity (Wildman–Crippen MR) is 88.7 cm³/mol. The molecule has 0 heterocycles. The first-order valence-electron chi connectivity index (χ1n) is 7.10. The van der Waals surface area contributed by atoms with Crippen molar-refractivity contribution in [3.8, 4) is 17.2 Å². The molecular formula is C17H21ClO4. The van der Waals surface area contributed by atoms with Crippen LogP contribution in [0.15, 0.2) is 30.3 Å². The molecule has 2 rings (SSSR count). The molecule has 0 amide bonds. The average Bonchev–Trinajstić information content (AvgIpc) is 2.57. The van der Waals surface area contributed by atoms with Gasteiger partial charge in [-0.05, 0) is 6.42 Å². The normalized spacial score (nSPS) is 12.2. The van der Waals surface area contributed by atoms with Gasteiger partial charge in [0.15, 0.2) is 11.5 Å². The molecule has 22 heavy (non-hydrogen) atoms. The van der Waals surface area contributed by atoms with Crippen molar-refractivity contribution in [3.63, 3.8) is 0 Å². The Morgan fingerprint density at radius 1 is 1.00 bits per heavy atom. The van der Waals surface area contributed by atoms with E-state index in [1.807, 2.05) is 30.3 Å². The largest absolute Gasteiger partial charge is 0.493 e. The summed E-state index contributed by atoms with van der Waals surface area (Å²) in [4.78, 5) is 0.